The van der Waals surface area contributed by atoms with Crippen molar-refractivity contribution in [2.24, 2.45) is 0 Å². The minimum absolute atomic E-state index is 0.0786. The fourth-order valence-corrected chi connectivity index (χ4v) is 4.22. The molecule has 0 unspecified atom stereocenters. The number of benzene rings is 1. The minimum atomic E-state index is -3.54. The molecule has 0 amide bonds. The Morgan fingerprint density at radius 2 is 2.14 bits per heavy atom. The van der Waals surface area contributed by atoms with Crippen LogP contribution in [-0.2, 0) is 10.0 Å². The largest absolute Gasteiger partial charge is 0.384 e. The van der Waals surface area contributed by atoms with Crippen molar-refractivity contribution in [3.8, 4) is 11.8 Å². The Bertz CT molecular complexity index is 683. The van der Waals surface area contributed by atoms with E-state index in [2.05, 4.69) is 16.6 Å². The molecule has 0 radical (unpaired) electrons. The van der Waals surface area contributed by atoms with Gasteiger partial charge in [0.1, 0.15) is 6.61 Å². The van der Waals surface area contributed by atoms with Gasteiger partial charge in [0, 0.05) is 16.9 Å². The van der Waals surface area contributed by atoms with Gasteiger partial charge in [0.05, 0.1) is 4.90 Å². The first-order valence-electron chi connectivity index (χ1n) is 6.68. The molecule has 1 aliphatic carbocycles. The van der Waals surface area contributed by atoms with Crippen LogP contribution in [0.2, 0.25) is 0 Å². The molecular formula is C15H19NO3S2. The highest BCUT2D eigenvalue weighted by Crippen LogP contribution is 2.46. The average molecular weight is 325 g/mol. The molecule has 2 rings (SSSR count). The molecule has 1 aromatic rings. The first-order chi connectivity index (χ1) is 9.92. The van der Waals surface area contributed by atoms with E-state index in [0.29, 0.717) is 17.7 Å². The van der Waals surface area contributed by atoms with Crippen LogP contribution in [-0.4, -0.2) is 37.7 Å². The molecule has 0 atom stereocenters. The SMILES string of the molecule is CSC1(CNS(=O)(=O)c2cc(C#CCO)ccc2C)CC1. The molecule has 4 nitrogen and oxygen atoms in total. The third-order valence-corrected chi connectivity index (χ3v) is 6.58. The van der Waals surface area contributed by atoms with Gasteiger partial charge in [0.2, 0.25) is 10.0 Å². The third kappa shape index (κ3) is 4.01. The van der Waals surface area contributed by atoms with Gasteiger partial charge in [0.15, 0.2) is 0 Å². The van der Waals surface area contributed by atoms with Gasteiger partial charge in [0.25, 0.3) is 0 Å². The van der Waals surface area contributed by atoms with E-state index in [-0.39, 0.29) is 16.2 Å². The summed E-state index contributed by atoms with van der Waals surface area (Å²) in [7, 11) is -3.54. The Hall–Kier alpha value is -1.00. The second kappa shape index (κ2) is 6.41. The van der Waals surface area contributed by atoms with Crippen molar-refractivity contribution in [3.05, 3.63) is 29.3 Å². The number of aryl methyl sites for hydroxylation is 1. The number of thioether (sulfide) groups is 1. The number of nitrogens with one attached hydrogen (secondary N) is 1. The molecule has 1 aromatic carbocycles. The first kappa shape index (κ1) is 16.4. The summed E-state index contributed by atoms with van der Waals surface area (Å²) in [4.78, 5) is 0.254. The van der Waals surface area contributed by atoms with Crippen LogP contribution in [0.15, 0.2) is 23.1 Å². The lowest BCUT2D eigenvalue weighted by Gasteiger charge is -2.14. The number of aliphatic hydroxyl groups is 1. The van der Waals surface area contributed by atoms with Gasteiger partial charge >= 0.3 is 0 Å². The molecule has 0 aliphatic heterocycles. The normalized spacial score (nSPS) is 16.1. The van der Waals surface area contributed by atoms with Gasteiger partial charge in [-0.2, -0.15) is 11.8 Å². The van der Waals surface area contributed by atoms with Crippen LogP contribution in [0.25, 0.3) is 0 Å². The predicted molar refractivity (Wildman–Crippen MR) is 85.8 cm³/mol. The fourth-order valence-electron chi connectivity index (χ4n) is 2.01. The number of hydrogen-bond acceptors (Lipinski definition) is 4. The highest BCUT2D eigenvalue weighted by atomic mass is 32.2. The van der Waals surface area contributed by atoms with Gasteiger partial charge in [-0.15, -0.1) is 0 Å². The molecule has 0 spiro atoms. The quantitative estimate of drug-likeness (QED) is 0.806. The van der Waals surface area contributed by atoms with Crippen LogP contribution >= 0.6 is 11.8 Å². The molecule has 0 bridgehead atoms. The van der Waals surface area contributed by atoms with Crippen molar-refractivity contribution >= 4 is 21.8 Å². The molecule has 114 valence electrons. The summed E-state index contributed by atoms with van der Waals surface area (Å²) in [5.41, 5.74) is 1.27. The number of sulfonamides is 1. The summed E-state index contributed by atoms with van der Waals surface area (Å²) >= 11 is 1.72. The molecule has 1 fully saturated rings. The van der Waals surface area contributed by atoms with Crippen LogP contribution in [0.1, 0.15) is 24.0 Å². The van der Waals surface area contributed by atoms with Crippen LogP contribution in [0.4, 0.5) is 0 Å². The Kier molecular flexibility index (Phi) is 4.99. The van der Waals surface area contributed by atoms with E-state index in [9.17, 15) is 8.42 Å². The van der Waals surface area contributed by atoms with Crippen molar-refractivity contribution < 1.29 is 13.5 Å². The third-order valence-electron chi connectivity index (χ3n) is 3.61. The zero-order valence-corrected chi connectivity index (χ0v) is 13.8. The van der Waals surface area contributed by atoms with E-state index in [1.54, 1.807) is 36.9 Å². The molecule has 21 heavy (non-hydrogen) atoms. The van der Waals surface area contributed by atoms with Gasteiger partial charge in [-0.05, 0) is 43.7 Å². The lowest BCUT2D eigenvalue weighted by Crippen LogP contribution is -2.32. The molecule has 2 N–H and O–H groups in total. The van der Waals surface area contributed by atoms with Gasteiger partial charge < -0.3 is 5.11 Å². The Balaban J connectivity index is 2.22. The standard InChI is InChI=1S/C15H19NO3S2/c1-12-5-6-13(4-3-9-17)10-14(12)21(18,19)16-11-15(20-2)7-8-15/h5-6,10,16-17H,7-9,11H2,1-2H3. The predicted octanol–water partition coefficient (Wildman–Crippen LogP) is 1.51. The van der Waals surface area contributed by atoms with E-state index in [1.165, 1.54) is 0 Å². The van der Waals surface area contributed by atoms with Gasteiger partial charge in [-0.25, -0.2) is 13.1 Å². The fraction of sp³-hybridized carbons (Fsp3) is 0.467. The second-order valence-corrected chi connectivity index (χ2v) is 8.16. The lowest BCUT2D eigenvalue weighted by atomic mass is 10.1. The number of aliphatic hydroxyl groups excluding tert-OH is 1. The molecule has 1 saturated carbocycles. The van der Waals surface area contributed by atoms with E-state index in [1.807, 2.05) is 6.26 Å². The summed E-state index contributed by atoms with van der Waals surface area (Å²) in [6.45, 7) is 1.98. The van der Waals surface area contributed by atoms with Crippen molar-refractivity contribution in [1.82, 2.24) is 4.72 Å². The second-order valence-electron chi connectivity index (χ2n) is 5.15. The lowest BCUT2D eigenvalue weighted by molar-refractivity contribution is 0.350. The van der Waals surface area contributed by atoms with Crippen LogP contribution < -0.4 is 4.72 Å². The first-order valence-corrected chi connectivity index (χ1v) is 9.38. The van der Waals surface area contributed by atoms with E-state index in [4.69, 9.17) is 5.11 Å². The van der Waals surface area contributed by atoms with Gasteiger partial charge in [-0.1, -0.05) is 17.9 Å². The number of rotatable bonds is 5. The Labute approximate surface area is 130 Å². The maximum Gasteiger partial charge on any atom is 0.240 e. The van der Waals surface area contributed by atoms with Crippen molar-refractivity contribution in [3.63, 3.8) is 0 Å². The summed E-state index contributed by atoms with van der Waals surface area (Å²) in [5.74, 6) is 5.26. The maximum atomic E-state index is 12.5. The average Bonchev–Trinajstić information content (AvgIpc) is 3.25. The monoisotopic (exact) mass is 325 g/mol. The van der Waals surface area contributed by atoms with Crippen LogP contribution in [0, 0.1) is 18.8 Å². The van der Waals surface area contributed by atoms with Crippen LogP contribution in [0.5, 0.6) is 0 Å². The maximum absolute atomic E-state index is 12.5. The molecule has 1 aliphatic rings. The summed E-state index contributed by atoms with van der Waals surface area (Å²) in [6, 6.07) is 5.04. The minimum Gasteiger partial charge on any atom is -0.384 e. The van der Waals surface area contributed by atoms with Gasteiger partial charge in [-0.3, -0.25) is 0 Å². The highest BCUT2D eigenvalue weighted by molar-refractivity contribution is 8.00. The summed E-state index contributed by atoms with van der Waals surface area (Å²) in [5, 5.41) is 8.71. The zero-order valence-electron chi connectivity index (χ0n) is 12.1. The van der Waals surface area contributed by atoms with Crippen LogP contribution in [0.3, 0.4) is 0 Å². The molecule has 0 heterocycles. The molecular weight excluding hydrogens is 306 g/mol. The smallest absolute Gasteiger partial charge is 0.240 e. The zero-order chi connectivity index (χ0) is 15.5. The van der Waals surface area contributed by atoms with Crippen molar-refractivity contribution in [1.29, 1.82) is 0 Å². The Morgan fingerprint density at radius 3 is 2.71 bits per heavy atom. The molecule has 6 heteroatoms. The molecule has 0 saturated heterocycles. The van der Waals surface area contributed by atoms with E-state index >= 15 is 0 Å². The van der Waals surface area contributed by atoms with Crippen molar-refractivity contribution in [2.75, 3.05) is 19.4 Å². The van der Waals surface area contributed by atoms with E-state index in [0.717, 1.165) is 12.8 Å². The molecule has 0 aromatic heterocycles. The van der Waals surface area contributed by atoms with E-state index < -0.39 is 10.0 Å². The van der Waals surface area contributed by atoms with Crippen molar-refractivity contribution in [2.45, 2.75) is 29.4 Å². The summed E-state index contributed by atoms with van der Waals surface area (Å²) < 4.78 is 27.7. The number of hydrogen-bond donors (Lipinski definition) is 2. The Morgan fingerprint density at radius 1 is 1.43 bits per heavy atom. The summed E-state index contributed by atoms with van der Waals surface area (Å²) in [6.07, 6.45) is 4.12. The topological polar surface area (TPSA) is 66.4 Å². The highest BCUT2D eigenvalue weighted by Gasteiger charge is 2.42.